The number of hydrogen-bond donors (Lipinski definition) is 3. The largest absolute Gasteiger partial charge is 0.480 e. The lowest BCUT2D eigenvalue weighted by Crippen LogP contribution is -2.70. The van der Waals surface area contributed by atoms with E-state index in [1.165, 1.54) is 47.0 Å². The van der Waals surface area contributed by atoms with E-state index in [1.807, 2.05) is 0 Å². The lowest BCUT2D eigenvalue weighted by Gasteiger charge is -2.43. The van der Waals surface area contributed by atoms with E-state index in [1.54, 1.807) is 32.0 Å². The van der Waals surface area contributed by atoms with Crippen LogP contribution >= 0.6 is 11.8 Å². The smallest absolute Gasteiger partial charge is 0.349 e. The highest BCUT2D eigenvalue weighted by molar-refractivity contribution is 8.01. The number of nitro benzene ring substituents is 1. The van der Waals surface area contributed by atoms with Crippen LogP contribution in [0.25, 0.3) is 11.0 Å². The number of β-lactam (4-membered cyclic amide) rings is 1. The number of aliphatic carboxylic acids is 1. The number of non-ortho nitro benzene ring substituents is 1. The monoisotopic (exact) mass is 566 g/mol. The van der Waals surface area contributed by atoms with Gasteiger partial charge in [-0.1, -0.05) is 18.2 Å². The van der Waals surface area contributed by atoms with Gasteiger partial charge in [0.05, 0.1) is 11.3 Å². The highest BCUT2D eigenvalue weighted by atomic mass is 32.2. The number of hydrogen-bond acceptors (Lipinski definition) is 9. The number of carboxylic acid groups (broad SMARTS) is 1. The topological polar surface area (TPSA) is 189 Å². The zero-order chi connectivity index (χ0) is 28.9. The van der Waals surface area contributed by atoms with E-state index in [4.69, 9.17) is 4.42 Å². The Morgan fingerprint density at radius 1 is 1.15 bits per heavy atom. The van der Waals surface area contributed by atoms with Gasteiger partial charge in [0.2, 0.25) is 11.8 Å². The first kappa shape index (κ1) is 26.9. The zero-order valence-corrected chi connectivity index (χ0v) is 21.9. The summed E-state index contributed by atoms with van der Waals surface area (Å²) >= 11 is 1.30. The first-order valence-corrected chi connectivity index (χ1v) is 12.9. The molecule has 0 bridgehead atoms. The second kappa shape index (κ2) is 9.79. The number of thioether (sulfide) groups is 1. The van der Waals surface area contributed by atoms with E-state index < -0.39 is 56.4 Å². The Labute approximate surface area is 229 Å². The molecule has 3 heterocycles. The summed E-state index contributed by atoms with van der Waals surface area (Å²) < 4.78 is 4.41. The number of nitro groups is 1. The number of carbonyl (C=O) groups is 4. The van der Waals surface area contributed by atoms with E-state index in [0.717, 1.165) is 0 Å². The van der Waals surface area contributed by atoms with Gasteiger partial charge in [-0.15, -0.1) is 11.8 Å². The van der Waals surface area contributed by atoms with Crippen molar-refractivity contribution in [2.45, 2.75) is 42.5 Å². The molecule has 2 aliphatic rings. The molecule has 3 atom stereocenters. The summed E-state index contributed by atoms with van der Waals surface area (Å²) in [5, 5.41) is 25.6. The van der Waals surface area contributed by atoms with E-state index >= 15 is 0 Å². The van der Waals surface area contributed by atoms with Crippen LogP contribution in [0.2, 0.25) is 0 Å². The summed E-state index contributed by atoms with van der Waals surface area (Å²) in [4.78, 5) is 74.4. The van der Waals surface area contributed by atoms with Crippen molar-refractivity contribution in [3.63, 3.8) is 0 Å². The van der Waals surface area contributed by atoms with Crippen LogP contribution in [0.4, 0.5) is 11.4 Å². The molecule has 1 aromatic heterocycles. The molecule has 206 valence electrons. The fourth-order valence-electron chi connectivity index (χ4n) is 4.91. The molecule has 5 rings (SSSR count). The molecule has 2 saturated heterocycles. The van der Waals surface area contributed by atoms with Crippen molar-refractivity contribution >= 4 is 57.8 Å². The molecule has 2 aromatic carbocycles. The van der Waals surface area contributed by atoms with Crippen LogP contribution in [0.3, 0.4) is 0 Å². The molecule has 3 N–H and O–H groups in total. The average molecular weight is 567 g/mol. The maximum absolute atomic E-state index is 13.0. The lowest BCUT2D eigenvalue weighted by molar-refractivity contribution is -0.384. The predicted molar refractivity (Wildman–Crippen MR) is 143 cm³/mol. The molecule has 3 amide bonds. The van der Waals surface area contributed by atoms with Gasteiger partial charge < -0.3 is 25.1 Å². The van der Waals surface area contributed by atoms with E-state index in [2.05, 4.69) is 10.6 Å². The fraction of sp³-hybridized carbons (Fsp3) is 0.269. The molecular weight excluding hydrogens is 544 g/mol. The number of para-hydroxylation sites is 1. The quantitative estimate of drug-likeness (QED) is 0.165. The SMILES string of the molecule is CC1(C)S[C@@H]2C(NC(=O)Cc3ccccc3NC(=O)c3cc4cc([N+](=O)[O-])ccc4oc3=O)C(=O)N2[C@H]1C(=O)O. The minimum atomic E-state index is -1.11. The number of nitrogens with zero attached hydrogens (tertiary/aromatic N) is 2. The second-order valence-corrected chi connectivity index (χ2v) is 11.6. The normalized spacial score (nSPS) is 20.9. The molecule has 0 aliphatic carbocycles. The summed E-state index contributed by atoms with van der Waals surface area (Å²) in [6.07, 6.45) is -0.220. The molecule has 1 unspecified atom stereocenters. The van der Waals surface area contributed by atoms with Crippen LogP contribution in [0, 0.1) is 10.1 Å². The molecule has 2 fully saturated rings. The molecule has 14 heteroatoms. The first-order valence-electron chi connectivity index (χ1n) is 12.0. The number of anilines is 1. The molecule has 2 aliphatic heterocycles. The van der Waals surface area contributed by atoms with Gasteiger partial charge in [-0.2, -0.15) is 0 Å². The number of rotatable bonds is 7. The highest BCUT2D eigenvalue weighted by Gasteiger charge is 2.64. The second-order valence-electron chi connectivity index (χ2n) is 9.86. The van der Waals surface area contributed by atoms with Gasteiger partial charge in [0.1, 0.15) is 28.6 Å². The first-order chi connectivity index (χ1) is 18.9. The maximum atomic E-state index is 13.0. The molecule has 40 heavy (non-hydrogen) atoms. The standard InChI is InChI=1S/C26H22N4O9S/c1-26(2)20(24(34)35)29-22(33)19(23(29)40-26)28-18(31)11-12-5-3-4-6-16(12)27-21(32)15-10-13-9-14(30(37)38)7-8-17(13)39-25(15)36/h3-10,19-20,23H,11H2,1-2H3,(H,27,32)(H,28,31)(H,34,35)/t19?,20-,23+/m0/s1. The van der Waals surface area contributed by atoms with Crippen molar-refractivity contribution in [1.82, 2.24) is 10.2 Å². The van der Waals surface area contributed by atoms with Gasteiger partial charge >= 0.3 is 11.6 Å². The Kier molecular flexibility index (Phi) is 6.58. The number of nitrogens with one attached hydrogen (secondary N) is 2. The summed E-state index contributed by atoms with van der Waals surface area (Å²) in [5.74, 6) is -2.95. The van der Waals surface area contributed by atoms with Crippen LogP contribution in [-0.4, -0.2) is 60.8 Å². The Morgan fingerprint density at radius 2 is 1.88 bits per heavy atom. The minimum Gasteiger partial charge on any atom is -0.480 e. The number of carboxylic acids is 1. The zero-order valence-electron chi connectivity index (χ0n) is 21.1. The van der Waals surface area contributed by atoms with Crippen molar-refractivity contribution < 1.29 is 33.6 Å². The minimum absolute atomic E-state index is 0.0758. The predicted octanol–water partition coefficient (Wildman–Crippen LogP) is 2.13. The van der Waals surface area contributed by atoms with Crippen molar-refractivity contribution in [3.8, 4) is 0 Å². The van der Waals surface area contributed by atoms with E-state index in [0.29, 0.717) is 5.56 Å². The van der Waals surface area contributed by atoms with E-state index in [-0.39, 0.29) is 34.3 Å². The third-order valence-electron chi connectivity index (χ3n) is 6.78. The number of amides is 3. The van der Waals surface area contributed by atoms with Gasteiger partial charge in [-0.25, -0.2) is 9.59 Å². The van der Waals surface area contributed by atoms with Crippen LogP contribution in [0.5, 0.6) is 0 Å². The molecular formula is C26H22N4O9S. The summed E-state index contributed by atoms with van der Waals surface area (Å²) in [5.41, 5.74) is -0.882. The Bertz CT molecular complexity index is 1670. The molecule has 0 radical (unpaired) electrons. The van der Waals surface area contributed by atoms with Crippen LogP contribution < -0.4 is 16.3 Å². The van der Waals surface area contributed by atoms with Crippen LogP contribution in [-0.2, 0) is 20.8 Å². The Balaban J connectivity index is 1.30. The fourth-order valence-corrected chi connectivity index (χ4v) is 6.54. The molecule has 0 spiro atoms. The number of fused-ring (bicyclic) bond motifs is 2. The average Bonchev–Trinajstić information content (AvgIpc) is 3.15. The van der Waals surface area contributed by atoms with Gasteiger partial charge in [-0.3, -0.25) is 24.5 Å². The summed E-state index contributed by atoms with van der Waals surface area (Å²) in [7, 11) is 0. The maximum Gasteiger partial charge on any atom is 0.349 e. The number of carbonyl (C=O) groups excluding carboxylic acids is 3. The molecule has 3 aromatic rings. The van der Waals surface area contributed by atoms with Crippen LogP contribution in [0.1, 0.15) is 29.8 Å². The molecule has 0 saturated carbocycles. The van der Waals surface area contributed by atoms with E-state index in [9.17, 15) is 39.2 Å². The summed E-state index contributed by atoms with van der Waals surface area (Å²) in [6.45, 7) is 3.47. The lowest BCUT2D eigenvalue weighted by atomic mass is 9.96. The third kappa shape index (κ3) is 4.66. The summed E-state index contributed by atoms with van der Waals surface area (Å²) in [6, 6.07) is 9.30. The van der Waals surface area contributed by atoms with Gasteiger partial charge in [0, 0.05) is 28.0 Å². The van der Waals surface area contributed by atoms with Gasteiger partial charge in [0.25, 0.3) is 11.6 Å². The molecule has 13 nitrogen and oxygen atoms in total. The Hall–Kier alpha value is -4.72. The number of benzene rings is 2. The third-order valence-corrected chi connectivity index (χ3v) is 8.35. The van der Waals surface area contributed by atoms with Crippen molar-refractivity contribution in [2.24, 2.45) is 0 Å². The highest BCUT2D eigenvalue weighted by Crippen LogP contribution is 2.50. The van der Waals surface area contributed by atoms with Crippen LogP contribution in [0.15, 0.2) is 57.7 Å². The van der Waals surface area contributed by atoms with Crippen molar-refractivity contribution in [1.29, 1.82) is 0 Å². The van der Waals surface area contributed by atoms with Crippen molar-refractivity contribution in [3.05, 3.63) is 80.2 Å². The van der Waals surface area contributed by atoms with Gasteiger partial charge in [0.15, 0.2) is 0 Å². The Morgan fingerprint density at radius 3 is 2.58 bits per heavy atom. The van der Waals surface area contributed by atoms with Crippen molar-refractivity contribution in [2.75, 3.05) is 5.32 Å². The van der Waals surface area contributed by atoms with Gasteiger partial charge in [-0.05, 0) is 37.6 Å².